The summed E-state index contributed by atoms with van der Waals surface area (Å²) in [6.07, 6.45) is 1.34. The molecule has 3 rings (SSSR count). The van der Waals surface area contributed by atoms with Crippen molar-refractivity contribution in [1.29, 1.82) is 0 Å². The third-order valence-electron chi connectivity index (χ3n) is 4.76. The highest BCUT2D eigenvalue weighted by Gasteiger charge is 2.29. The Hall–Kier alpha value is -3.14. The molecule has 1 aromatic heterocycles. The fraction of sp³-hybridized carbons (Fsp3) is 0.444. The normalized spacial score (nSPS) is 14.6. The molecule has 0 saturated carbocycles. The third kappa shape index (κ3) is 4.06. The van der Waals surface area contributed by atoms with Crippen molar-refractivity contribution in [1.82, 2.24) is 14.9 Å². The minimum Gasteiger partial charge on any atom is -0.497 e. The molecule has 0 radical (unpaired) electrons. The lowest BCUT2D eigenvalue weighted by molar-refractivity contribution is -0.383. The molecule has 10 nitrogen and oxygen atoms in total. The molecule has 0 amide bonds. The summed E-state index contributed by atoms with van der Waals surface area (Å²) in [5.41, 5.74) is 0.364. The van der Waals surface area contributed by atoms with Crippen LogP contribution in [0.15, 0.2) is 24.5 Å². The van der Waals surface area contributed by atoms with Crippen LogP contribution < -0.4 is 19.7 Å². The predicted octanol–water partition coefficient (Wildman–Crippen LogP) is 2.29. The molecule has 0 bridgehead atoms. The van der Waals surface area contributed by atoms with Gasteiger partial charge in [-0.05, 0) is 18.7 Å². The molecule has 2 aromatic rings. The molecule has 150 valence electrons. The lowest BCUT2D eigenvalue weighted by atomic mass is 10.2. The molecule has 0 unspecified atom stereocenters. The summed E-state index contributed by atoms with van der Waals surface area (Å²) in [6, 6.07) is 5.17. The van der Waals surface area contributed by atoms with Gasteiger partial charge in [-0.15, -0.1) is 0 Å². The number of rotatable bonds is 7. The first-order valence-electron chi connectivity index (χ1n) is 9.03. The number of nitrogens with zero attached hydrogens (tertiary/aromatic N) is 5. The van der Waals surface area contributed by atoms with Crippen LogP contribution in [0.1, 0.15) is 6.92 Å². The quantitative estimate of drug-likeness (QED) is 0.565. The molecule has 1 aliphatic heterocycles. The molecular formula is C18H24N6O4. The van der Waals surface area contributed by atoms with E-state index in [0.717, 1.165) is 19.6 Å². The van der Waals surface area contributed by atoms with Gasteiger partial charge in [0.1, 0.15) is 17.8 Å². The number of likely N-dealkylation sites (N-methyl/N-ethyl adjacent to an activating group) is 1. The zero-order chi connectivity index (χ0) is 20.1. The molecule has 0 atom stereocenters. The number of hydrogen-bond donors (Lipinski definition) is 1. The van der Waals surface area contributed by atoms with Crippen LogP contribution >= 0.6 is 0 Å². The molecular weight excluding hydrogens is 364 g/mol. The van der Waals surface area contributed by atoms with Crippen LogP contribution in [0.25, 0.3) is 0 Å². The van der Waals surface area contributed by atoms with Crippen LogP contribution in [-0.4, -0.2) is 66.7 Å². The van der Waals surface area contributed by atoms with Crippen molar-refractivity contribution in [2.45, 2.75) is 6.92 Å². The maximum Gasteiger partial charge on any atom is 0.353 e. The first-order chi connectivity index (χ1) is 13.6. The fourth-order valence-electron chi connectivity index (χ4n) is 3.18. The molecule has 2 heterocycles. The van der Waals surface area contributed by atoms with Gasteiger partial charge in [0, 0.05) is 32.2 Å². The highest BCUT2D eigenvalue weighted by molar-refractivity contribution is 5.77. The maximum absolute atomic E-state index is 11.9. The van der Waals surface area contributed by atoms with Crippen LogP contribution in [0.2, 0.25) is 0 Å². The van der Waals surface area contributed by atoms with E-state index in [9.17, 15) is 10.1 Å². The Morgan fingerprint density at radius 1 is 1.18 bits per heavy atom. The average molecular weight is 388 g/mol. The van der Waals surface area contributed by atoms with Crippen molar-refractivity contribution < 1.29 is 14.4 Å². The number of hydrogen-bond acceptors (Lipinski definition) is 9. The smallest absolute Gasteiger partial charge is 0.353 e. The van der Waals surface area contributed by atoms with Crippen molar-refractivity contribution in [3.05, 3.63) is 34.6 Å². The average Bonchev–Trinajstić information content (AvgIpc) is 2.73. The molecule has 0 aliphatic carbocycles. The van der Waals surface area contributed by atoms with Gasteiger partial charge in [-0.3, -0.25) is 10.1 Å². The summed E-state index contributed by atoms with van der Waals surface area (Å²) in [7, 11) is 3.08. The summed E-state index contributed by atoms with van der Waals surface area (Å²) in [6.45, 7) is 6.09. The van der Waals surface area contributed by atoms with Gasteiger partial charge in [0.2, 0.25) is 11.6 Å². The molecule has 28 heavy (non-hydrogen) atoms. The minimum absolute atomic E-state index is 0.111. The van der Waals surface area contributed by atoms with E-state index in [4.69, 9.17) is 9.47 Å². The zero-order valence-corrected chi connectivity index (χ0v) is 16.2. The van der Waals surface area contributed by atoms with E-state index in [-0.39, 0.29) is 11.5 Å². The number of methoxy groups -OCH3 is 2. The van der Waals surface area contributed by atoms with Gasteiger partial charge in [0.15, 0.2) is 0 Å². The van der Waals surface area contributed by atoms with Gasteiger partial charge in [-0.2, -0.15) is 0 Å². The number of piperazine rings is 1. The second kappa shape index (κ2) is 8.70. The second-order valence-corrected chi connectivity index (χ2v) is 6.26. The van der Waals surface area contributed by atoms with Crippen LogP contribution in [0, 0.1) is 10.1 Å². The molecule has 1 fully saturated rings. The molecule has 1 saturated heterocycles. The van der Waals surface area contributed by atoms with Crippen LogP contribution in [0.5, 0.6) is 11.5 Å². The standard InChI is InChI=1S/C18H24N6O4/c1-4-22-7-9-23(10-8-22)18-16(24(25)26)17(19-12-20-18)21-14-11-13(27-2)5-6-15(14)28-3/h5-6,11-12H,4,7-10H2,1-3H3,(H,19,20,21). The number of anilines is 3. The van der Waals surface area contributed by atoms with Crippen LogP contribution in [0.3, 0.4) is 0 Å². The Labute approximate surface area is 163 Å². The van der Waals surface area contributed by atoms with Gasteiger partial charge in [-0.1, -0.05) is 6.92 Å². The van der Waals surface area contributed by atoms with E-state index in [1.54, 1.807) is 25.3 Å². The molecule has 1 aliphatic rings. The van der Waals surface area contributed by atoms with Gasteiger partial charge in [0.05, 0.1) is 24.8 Å². The van der Waals surface area contributed by atoms with Crippen molar-refractivity contribution in [2.24, 2.45) is 0 Å². The summed E-state index contributed by atoms with van der Waals surface area (Å²) < 4.78 is 10.6. The summed E-state index contributed by atoms with van der Waals surface area (Å²) in [5.74, 6) is 1.54. The summed E-state index contributed by atoms with van der Waals surface area (Å²) in [5, 5.41) is 14.9. The predicted molar refractivity (Wildman–Crippen MR) is 106 cm³/mol. The summed E-state index contributed by atoms with van der Waals surface area (Å²) in [4.78, 5) is 24.0. The third-order valence-corrected chi connectivity index (χ3v) is 4.76. The maximum atomic E-state index is 11.9. The zero-order valence-electron chi connectivity index (χ0n) is 16.2. The van der Waals surface area contributed by atoms with Crippen molar-refractivity contribution in [2.75, 3.05) is 57.2 Å². The Kier molecular flexibility index (Phi) is 6.09. The van der Waals surface area contributed by atoms with E-state index < -0.39 is 4.92 Å². The SMILES string of the molecule is CCN1CCN(c2ncnc(Nc3cc(OC)ccc3OC)c2[N+](=O)[O-])CC1. The number of nitro groups is 1. The van der Waals surface area contributed by atoms with Gasteiger partial charge < -0.3 is 24.6 Å². The number of aromatic nitrogens is 2. The fourth-order valence-corrected chi connectivity index (χ4v) is 3.18. The Morgan fingerprint density at radius 3 is 2.54 bits per heavy atom. The first-order valence-corrected chi connectivity index (χ1v) is 9.03. The van der Waals surface area contributed by atoms with E-state index in [2.05, 4.69) is 27.1 Å². The molecule has 1 N–H and O–H groups in total. The van der Waals surface area contributed by atoms with E-state index in [1.165, 1.54) is 13.4 Å². The largest absolute Gasteiger partial charge is 0.497 e. The molecule has 1 aromatic carbocycles. The van der Waals surface area contributed by atoms with E-state index in [0.29, 0.717) is 36.1 Å². The number of benzene rings is 1. The lowest BCUT2D eigenvalue weighted by Gasteiger charge is -2.34. The molecule has 0 spiro atoms. The number of nitrogens with one attached hydrogen (secondary N) is 1. The summed E-state index contributed by atoms with van der Waals surface area (Å²) >= 11 is 0. The van der Waals surface area contributed by atoms with Gasteiger partial charge >= 0.3 is 5.69 Å². The van der Waals surface area contributed by atoms with E-state index in [1.807, 2.05) is 4.90 Å². The van der Waals surface area contributed by atoms with Gasteiger partial charge in [-0.25, -0.2) is 9.97 Å². The topological polar surface area (TPSA) is 106 Å². The Bertz CT molecular complexity index is 839. The monoisotopic (exact) mass is 388 g/mol. The van der Waals surface area contributed by atoms with Crippen molar-refractivity contribution in [3.63, 3.8) is 0 Å². The van der Waals surface area contributed by atoms with E-state index >= 15 is 0 Å². The second-order valence-electron chi connectivity index (χ2n) is 6.26. The van der Waals surface area contributed by atoms with Gasteiger partial charge in [0.25, 0.3) is 0 Å². The highest BCUT2D eigenvalue weighted by Crippen LogP contribution is 2.37. The highest BCUT2D eigenvalue weighted by atomic mass is 16.6. The molecule has 10 heteroatoms. The lowest BCUT2D eigenvalue weighted by Crippen LogP contribution is -2.46. The van der Waals surface area contributed by atoms with Crippen molar-refractivity contribution in [3.8, 4) is 11.5 Å². The van der Waals surface area contributed by atoms with Crippen LogP contribution in [0.4, 0.5) is 23.0 Å². The first kappa shape index (κ1) is 19.6. The Morgan fingerprint density at radius 2 is 1.93 bits per heavy atom. The van der Waals surface area contributed by atoms with Crippen LogP contribution in [-0.2, 0) is 0 Å². The minimum atomic E-state index is -0.448. The Balaban J connectivity index is 1.95. The number of ether oxygens (including phenoxy) is 2. The van der Waals surface area contributed by atoms with Crippen molar-refractivity contribution >= 4 is 23.0 Å².